The van der Waals surface area contributed by atoms with Crippen molar-refractivity contribution >= 4 is 33.0 Å². The third kappa shape index (κ3) is 3.21. The fourth-order valence-corrected chi connectivity index (χ4v) is 3.85. The van der Waals surface area contributed by atoms with Crippen LogP contribution in [0.15, 0.2) is 24.3 Å². The number of non-ortho nitro benzene ring substituents is 1. The summed E-state index contributed by atoms with van der Waals surface area (Å²) in [5.74, 6) is -1.95. The van der Waals surface area contributed by atoms with E-state index in [1.807, 2.05) is 0 Å². The number of nitrogens with zero attached hydrogens (tertiary/aromatic N) is 2. The molecular formula is C15H13F3N2O3S. The number of hydrogen-bond donors (Lipinski definition) is 0. The molecule has 0 N–H and O–H groups in total. The number of fused-ring (bicyclic) bond motifs is 1. The molecule has 5 nitrogen and oxygen atoms in total. The van der Waals surface area contributed by atoms with Crippen molar-refractivity contribution in [1.29, 1.82) is 0 Å². The van der Waals surface area contributed by atoms with Gasteiger partial charge in [-0.2, -0.15) is 13.2 Å². The lowest BCUT2D eigenvalue weighted by atomic mass is 9.97. The Morgan fingerprint density at radius 1 is 1.33 bits per heavy atom. The first-order valence-corrected chi connectivity index (χ1v) is 8.11. The summed E-state index contributed by atoms with van der Waals surface area (Å²) < 4.78 is 39.3. The first kappa shape index (κ1) is 16.7. The molecule has 24 heavy (non-hydrogen) atoms. The van der Waals surface area contributed by atoms with Gasteiger partial charge in [0, 0.05) is 35.3 Å². The number of thiophene rings is 1. The number of carbonyl (C=O) groups is 1. The Balaban J connectivity index is 1.84. The van der Waals surface area contributed by atoms with Crippen molar-refractivity contribution in [3.63, 3.8) is 0 Å². The molecule has 2 heterocycles. The van der Waals surface area contributed by atoms with E-state index in [9.17, 15) is 28.1 Å². The lowest BCUT2D eigenvalue weighted by molar-refractivity contribution is -0.384. The second kappa shape index (κ2) is 6.04. The van der Waals surface area contributed by atoms with Gasteiger partial charge in [-0.05, 0) is 25.0 Å². The Labute approximate surface area is 138 Å². The summed E-state index contributed by atoms with van der Waals surface area (Å²) in [7, 11) is 0. The number of rotatable bonds is 2. The molecule has 0 bridgehead atoms. The summed E-state index contributed by atoms with van der Waals surface area (Å²) >= 11 is 1.13. The normalized spacial score (nSPS) is 18.8. The highest BCUT2D eigenvalue weighted by Crippen LogP contribution is 2.35. The molecule has 2 aromatic rings. The van der Waals surface area contributed by atoms with Crippen LogP contribution in [0.4, 0.5) is 18.9 Å². The van der Waals surface area contributed by atoms with Crippen LogP contribution in [0.5, 0.6) is 0 Å². The first-order chi connectivity index (χ1) is 11.3. The van der Waals surface area contributed by atoms with E-state index in [2.05, 4.69) is 0 Å². The summed E-state index contributed by atoms with van der Waals surface area (Å²) in [5.41, 5.74) is -0.0885. The molecular weight excluding hydrogens is 345 g/mol. The van der Waals surface area contributed by atoms with Crippen LogP contribution in [-0.2, 0) is 0 Å². The standard InChI is InChI=1S/C15H13F3N2O3S/c16-15(17,18)10-2-1-5-19(8-10)14(21)13-7-9-6-11(20(22)23)3-4-12(9)24-13/h3-4,6-7,10H,1-2,5,8H2. The van der Waals surface area contributed by atoms with Crippen LogP contribution in [0.1, 0.15) is 22.5 Å². The van der Waals surface area contributed by atoms with E-state index in [4.69, 9.17) is 0 Å². The van der Waals surface area contributed by atoms with Gasteiger partial charge in [-0.1, -0.05) is 0 Å². The van der Waals surface area contributed by atoms with E-state index in [0.717, 1.165) is 11.3 Å². The van der Waals surface area contributed by atoms with Gasteiger partial charge >= 0.3 is 6.18 Å². The number of halogens is 3. The van der Waals surface area contributed by atoms with E-state index < -0.39 is 22.9 Å². The average Bonchev–Trinajstić information content (AvgIpc) is 2.96. The van der Waals surface area contributed by atoms with E-state index in [1.165, 1.54) is 23.1 Å². The molecule has 1 unspecified atom stereocenters. The van der Waals surface area contributed by atoms with E-state index in [0.29, 0.717) is 27.9 Å². The van der Waals surface area contributed by atoms with Gasteiger partial charge in [0.05, 0.1) is 15.7 Å². The van der Waals surface area contributed by atoms with Gasteiger partial charge in [-0.15, -0.1) is 11.3 Å². The van der Waals surface area contributed by atoms with E-state index >= 15 is 0 Å². The number of benzene rings is 1. The van der Waals surface area contributed by atoms with Crippen LogP contribution in [0.25, 0.3) is 10.1 Å². The van der Waals surface area contributed by atoms with Gasteiger partial charge in [-0.3, -0.25) is 14.9 Å². The fourth-order valence-electron chi connectivity index (χ4n) is 2.83. The van der Waals surface area contributed by atoms with Crippen molar-refractivity contribution in [1.82, 2.24) is 4.90 Å². The first-order valence-electron chi connectivity index (χ1n) is 7.29. The number of carbonyl (C=O) groups excluding carboxylic acids is 1. The van der Waals surface area contributed by atoms with Gasteiger partial charge in [0.25, 0.3) is 11.6 Å². The lowest BCUT2D eigenvalue weighted by Gasteiger charge is -2.33. The second-order valence-corrected chi connectivity index (χ2v) is 6.81. The predicted octanol–water partition coefficient (Wildman–Crippen LogP) is 4.22. The van der Waals surface area contributed by atoms with Gasteiger partial charge in [0.15, 0.2) is 0 Å². The molecule has 1 aromatic heterocycles. The molecule has 0 aliphatic carbocycles. The maximum absolute atomic E-state index is 12.9. The smallest absolute Gasteiger partial charge is 0.337 e. The summed E-state index contributed by atoms with van der Waals surface area (Å²) in [4.78, 5) is 24.3. The number of hydrogen-bond acceptors (Lipinski definition) is 4. The molecule has 1 aromatic carbocycles. The van der Waals surface area contributed by atoms with Gasteiger partial charge in [0.2, 0.25) is 0 Å². The van der Waals surface area contributed by atoms with Crippen LogP contribution in [-0.4, -0.2) is 35.0 Å². The molecule has 0 radical (unpaired) electrons. The number of piperidine rings is 1. The topological polar surface area (TPSA) is 63.4 Å². The van der Waals surface area contributed by atoms with Crippen molar-refractivity contribution in [2.75, 3.05) is 13.1 Å². The molecule has 1 atom stereocenters. The van der Waals surface area contributed by atoms with E-state index in [-0.39, 0.29) is 18.7 Å². The summed E-state index contributed by atoms with van der Waals surface area (Å²) in [5, 5.41) is 11.3. The second-order valence-electron chi connectivity index (χ2n) is 5.72. The Hall–Kier alpha value is -2.16. The fraction of sp³-hybridized carbons (Fsp3) is 0.400. The Kier molecular flexibility index (Phi) is 4.20. The minimum Gasteiger partial charge on any atom is -0.337 e. The maximum Gasteiger partial charge on any atom is 0.393 e. The van der Waals surface area contributed by atoms with Crippen LogP contribution < -0.4 is 0 Å². The summed E-state index contributed by atoms with van der Waals surface area (Å²) in [6, 6.07) is 5.75. The summed E-state index contributed by atoms with van der Waals surface area (Å²) in [6.45, 7) is -0.0451. The quantitative estimate of drug-likeness (QED) is 0.596. The van der Waals surface area contributed by atoms with Crippen molar-refractivity contribution in [3.8, 4) is 0 Å². The van der Waals surface area contributed by atoms with Crippen LogP contribution in [0.2, 0.25) is 0 Å². The average molecular weight is 358 g/mol. The maximum atomic E-state index is 12.9. The molecule has 1 fully saturated rings. The Morgan fingerprint density at radius 3 is 2.75 bits per heavy atom. The van der Waals surface area contributed by atoms with Crippen LogP contribution in [0, 0.1) is 16.0 Å². The third-order valence-electron chi connectivity index (χ3n) is 4.09. The minimum atomic E-state index is -4.31. The zero-order valence-electron chi connectivity index (χ0n) is 12.4. The Bertz CT molecular complexity index is 803. The molecule has 0 spiro atoms. The van der Waals surface area contributed by atoms with Crippen molar-refractivity contribution in [2.45, 2.75) is 19.0 Å². The zero-order chi connectivity index (χ0) is 17.5. The monoisotopic (exact) mass is 358 g/mol. The predicted molar refractivity (Wildman–Crippen MR) is 83.2 cm³/mol. The molecule has 1 amide bonds. The molecule has 128 valence electrons. The SMILES string of the molecule is O=C(c1cc2cc([N+](=O)[O-])ccc2s1)N1CCCC(C(F)(F)F)C1. The number of likely N-dealkylation sites (tertiary alicyclic amines) is 1. The number of alkyl halides is 3. The van der Waals surface area contributed by atoms with Gasteiger partial charge in [-0.25, -0.2) is 0 Å². The van der Waals surface area contributed by atoms with Crippen molar-refractivity contribution < 1.29 is 22.9 Å². The molecule has 1 aliphatic heterocycles. The minimum absolute atomic E-state index is 0.0336. The third-order valence-corrected chi connectivity index (χ3v) is 5.20. The number of amides is 1. The molecule has 1 aliphatic rings. The lowest BCUT2D eigenvalue weighted by Crippen LogP contribution is -2.44. The Morgan fingerprint density at radius 2 is 2.08 bits per heavy atom. The zero-order valence-corrected chi connectivity index (χ0v) is 13.2. The van der Waals surface area contributed by atoms with Crippen LogP contribution in [0.3, 0.4) is 0 Å². The highest BCUT2D eigenvalue weighted by molar-refractivity contribution is 7.20. The van der Waals surface area contributed by atoms with Crippen LogP contribution >= 0.6 is 11.3 Å². The molecule has 1 saturated heterocycles. The van der Waals surface area contributed by atoms with E-state index in [1.54, 1.807) is 6.07 Å². The highest BCUT2D eigenvalue weighted by atomic mass is 32.1. The molecule has 0 saturated carbocycles. The number of nitro groups is 1. The number of nitro benzene ring substituents is 1. The summed E-state index contributed by atoms with van der Waals surface area (Å²) in [6.07, 6.45) is -3.96. The molecule has 3 rings (SSSR count). The highest BCUT2D eigenvalue weighted by Gasteiger charge is 2.42. The largest absolute Gasteiger partial charge is 0.393 e. The van der Waals surface area contributed by atoms with Crippen molar-refractivity contribution in [3.05, 3.63) is 39.3 Å². The van der Waals surface area contributed by atoms with Crippen molar-refractivity contribution in [2.24, 2.45) is 5.92 Å². The van der Waals surface area contributed by atoms with Gasteiger partial charge < -0.3 is 4.90 Å². The van der Waals surface area contributed by atoms with Gasteiger partial charge in [0.1, 0.15) is 0 Å². The molecule has 9 heteroatoms.